The first kappa shape index (κ1) is 59.6. The van der Waals surface area contributed by atoms with Gasteiger partial charge in [-0.15, -0.1) is 0 Å². The zero-order chi connectivity index (χ0) is 101. The number of anilines is 9. The van der Waals surface area contributed by atoms with Crippen LogP contribution in [0, 0.1) is 0 Å². The molecule has 0 atom stereocenters. The van der Waals surface area contributed by atoms with Gasteiger partial charge in [0.15, 0.2) is 0 Å². The normalized spacial score (nSPS) is 15.9. The first-order valence-electron chi connectivity index (χ1n) is 52.4. The maximum Gasteiger partial charge on any atom is 0.256 e. The predicted molar refractivity (Wildman–Crippen MR) is 535 cm³/mol. The highest BCUT2D eigenvalue weighted by Crippen LogP contribution is 2.61. The number of benzene rings is 17. The molecule has 0 unspecified atom stereocenters. The van der Waals surface area contributed by atoms with E-state index >= 15 is 0 Å². The van der Waals surface area contributed by atoms with E-state index in [9.17, 15) is 21.9 Å². The molecule has 23 rings (SSSR count). The quantitative estimate of drug-likeness (QED) is 0.127. The average Bonchev–Trinajstić information content (AvgIpc) is 1.17. The van der Waals surface area contributed by atoms with Crippen LogP contribution in [0.5, 0.6) is 11.5 Å². The Balaban J connectivity index is 0.897. The summed E-state index contributed by atoms with van der Waals surface area (Å²) < 4.78 is 186. The molecule has 0 bridgehead atoms. The van der Waals surface area contributed by atoms with Gasteiger partial charge in [0.1, 0.15) is 11.5 Å². The summed E-state index contributed by atoms with van der Waals surface area (Å²) in [6.45, 7) is 25.1. The topological polar surface area (TPSA) is 23.9 Å². The molecule has 0 N–H and O–H groups in total. The minimum atomic E-state index is -2.28. The molecular weight excluding hydrogens is 1520 g/mol. The van der Waals surface area contributed by atoms with Crippen LogP contribution in [0.1, 0.15) is 152 Å². The lowest BCUT2D eigenvalue weighted by Gasteiger charge is -2.46. The minimum Gasteiger partial charge on any atom is -0.458 e. The van der Waals surface area contributed by atoms with E-state index in [4.69, 9.17) is 7.48 Å². The van der Waals surface area contributed by atoms with Crippen molar-refractivity contribution in [3.63, 3.8) is 0 Å². The van der Waals surface area contributed by atoms with Crippen LogP contribution in [-0.2, 0) is 27.1 Å². The van der Waals surface area contributed by atoms with E-state index in [-0.39, 0.29) is 43.9 Å². The van der Waals surface area contributed by atoms with E-state index in [2.05, 4.69) is 256 Å². The summed E-state index contributed by atoms with van der Waals surface area (Å²) >= 11 is 0. The van der Waals surface area contributed by atoms with Crippen LogP contribution < -0.4 is 52.2 Å². The molecule has 5 nitrogen and oxygen atoms in total. The molecule has 1 aromatic heterocycles. The molecule has 0 saturated heterocycles. The Bertz CT molecular complexity index is 8380. The molecule has 606 valence electrons. The Labute approximate surface area is 767 Å². The van der Waals surface area contributed by atoms with Crippen molar-refractivity contribution in [2.45, 2.75) is 110 Å². The maximum atomic E-state index is 10.3. The third-order valence-electron chi connectivity index (χ3n) is 26.6. The summed E-state index contributed by atoms with van der Waals surface area (Å²) in [4.78, 5) is 6.98. The van der Waals surface area contributed by atoms with Crippen molar-refractivity contribution in [1.82, 2.24) is 4.57 Å². The molecule has 17 aromatic carbocycles. The number of para-hydroxylation sites is 4. The second-order valence-corrected chi connectivity index (χ2v) is 38.2. The van der Waals surface area contributed by atoms with Gasteiger partial charge in [-0.2, -0.15) is 0 Å². The Kier molecular flexibility index (Phi) is 13.5. The summed E-state index contributed by atoms with van der Waals surface area (Å²) in [5.41, 5.74) is 19.3. The standard InChI is InChI=1S/C119H98B2N4O/c1-115(2,3)81-61-62-102(92(68-81)75-39-18-13-19-40-75)124-104-60-37-33-56-97(104)121-99-73-98-105(74-109(99)126-110-64-78(63-106(124)113(110)121)87-52-38-53-91-88-49-28-31-54-95(88)119(111(87)91,79-45-24-16-25-46-79)80-47-26-17-27-48-80)125(114-93(76-41-20-14-21-42-76)69-84(118(10,11)12)70-94(114)77-43-22-15-23-44-77)108-72-86(122-100-57-34-29-50-89(100)90-51-30-35-58-101(90)122)71-107-112(108)120(98)96-55-32-36-59-103(96)123(107)85-66-82(116(4,5)6)65-83(67-85)117(7,8)9/h13-74H,1-12H3/i16D,17D,24D,25D,26D,27D,29D,30D,34D,35D,45D,46D,47D,48D,50D,51D,57D,58D. The molecular formula is C119H98B2N4O. The molecule has 126 heavy (non-hydrogen) atoms. The van der Waals surface area contributed by atoms with Crippen molar-refractivity contribution < 1.29 is 29.4 Å². The molecule has 18 aromatic rings. The molecule has 0 saturated carbocycles. The Morgan fingerprint density at radius 1 is 0.286 bits per heavy atom. The molecule has 0 spiro atoms. The number of nitrogens with zero attached hydrogens (tertiary/aromatic N) is 4. The molecule has 0 radical (unpaired) electrons. The minimum absolute atomic E-state index is 0.0605. The van der Waals surface area contributed by atoms with E-state index in [1.54, 1.807) is 16.7 Å². The SMILES string of the molecule is [2H]c1c([2H])c([2H])c(C2(c3c([2H])c([2H])c([2H])c([2H])c3[2H])c3ccccc3-c3cccc(-c4cc5c6c(c4)N(c4ccc(C(C)(C)C)cc4-c4ccccc4)c4ccccc4B6c4cc6c(cc4O5)N(c4c(-c5ccccc5)cc(C(C)(C)C)cc4-c4ccccc4)c4cc(-n5c7c([2H])c([2H])c([2H])c([2H])c7c7c([2H])c([2H])c([2H])c([2H])c75)cc5c4B6c4ccccc4N5c4cc(C(C)(C)C)cc(C(C)(C)C)c4)c32)c([2H])c1[2H]. The van der Waals surface area contributed by atoms with Crippen molar-refractivity contribution in [1.29, 1.82) is 0 Å². The summed E-state index contributed by atoms with van der Waals surface area (Å²) in [6.07, 6.45) is 0. The fourth-order valence-electron chi connectivity index (χ4n) is 20.6. The fourth-order valence-corrected chi connectivity index (χ4v) is 20.6. The number of hydrogen-bond acceptors (Lipinski definition) is 4. The summed E-state index contributed by atoms with van der Waals surface area (Å²) in [6, 6.07) is 80.8. The zero-order valence-corrected chi connectivity index (χ0v) is 72.3. The lowest BCUT2D eigenvalue weighted by atomic mass is 9.30. The van der Waals surface area contributed by atoms with Crippen LogP contribution in [0.3, 0.4) is 0 Å². The lowest BCUT2D eigenvalue weighted by molar-refractivity contribution is 0.488. The molecule has 0 fully saturated rings. The number of ether oxygens (including phenoxy) is 1. The second kappa shape index (κ2) is 28.5. The van der Waals surface area contributed by atoms with Crippen molar-refractivity contribution in [3.05, 3.63) is 420 Å². The van der Waals surface area contributed by atoms with Gasteiger partial charge in [0.2, 0.25) is 0 Å². The van der Waals surface area contributed by atoms with Gasteiger partial charge in [0.05, 0.1) is 58.2 Å². The monoisotopic (exact) mass is 1640 g/mol. The van der Waals surface area contributed by atoms with E-state index in [1.165, 1.54) is 0 Å². The predicted octanol–water partition coefficient (Wildman–Crippen LogP) is 27.5. The highest BCUT2D eigenvalue weighted by molar-refractivity contribution is 7.02. The first-order chi connectivity index (χ1) is 68.5. The van der Waals surface area contributed by atoms with E-state index in [0.29, 0.717) is 67.8 Å². The van der Waals surface area contributed by atoms with Crippen LogP contribution >= 0.6 is 0 Å². The van der Waals surface area contributed by atoms with E-state index in [0.717, 1.165) is 117 Å². The third-order valence-corrected chi connectivity index (χ3v) is 26.6. The largest absolute Gasteiger partial charge is 0.458 e. The molecule has 7 heteroatoms. The van der Waals surface area contributed by atoms with Gasteiger partial charge in [-0.1, -0.05) is 368 Å². The first-order valence-corrected chi connectivity index (χ1v) is 43.4. The summed E-state index contributed by atoms with van der Waals surface area (Å²) in [5, 5.41) is -0.163. The Morgan fingerprint density at radius 2 is 0.754 bits per heavy atom. The van der Waals surface area contributed by atoms with Gasteiger partial charge >= 0.3 is 0 Å². The van der Waals surface area contributed by atoms with Gasteiger partial charge in [-0.05, 0) is 223 Å². The van der Waals surface area contributed by atoms with Gasteiger partial charge < -0.3 is 24.0 Å². The fraction of sp³-hybridized carbons (Fsp3) is 0.143. The van der Waals surface area contributed by atoms with Crippen molar-refractivity contribution in [3.8, 4) is 72.8 Å². The molecule has 1 aliphatic carbocycles. The van der Waals surface area contributed by atoms with E-state index < -0.39 is 144 Å². The highest BCUT2D eigenvalue weighted by Gasteiger charge is 2.52. The summed E-state index contributed by atoms with van der Waals surface area (Å²) in [7, 11) is 0. The van der Waals surface area contributed by atoms with Crippen LogP contribution in [0.25, 0.3) is 83.1 Å². The van der Waals surface area contributed by atoms with Crippen LogP contribution in [0.2, 0.25) is 0 Å². The van der Waals surface area contributed by atoms with Crippen LogP contribution in [0.15, 0.2) is 376 Å². The summed E-state index contributed by atoms with van der Waals surface area (Å²) in [5.74, 6) is 0.822. The average molecular weight is 1640 g/mol. The number of hydrogen-bond donors (Lipinski definition) is 0. The second-order valence-electron chi connectivity index (χ2n) is 38.2. The van der Waals surface area contributed by atoms with Crippen molar-refractivity contribution in [2.24, 2.45) is 0 Å². The molecule has 5 heterocycles. The maximum absolute atomic E-state index is 10.3. The third kappa shape index (κ3) is 11.8. The Hall–Kier alpha value is -14.1. The molecule has 0 amide bonds. The number of rotatable bonds is 10. The lowest BCUT2D eigenvalue weighted by Crippen LogP contribution is -2.64. The zero-order valence-electron chi connectivity index (χ0n) is 90.3. The number of aromatic nitrogens is 1. The van der Waals surface area contributed by atoms with E-state index in [1.807, 2.05) is 97.1 Å². The van der Waals surface area contributed by atoms with Crippen LogP contribution in [-0.4, -0.2) is 18.0 Å². The van der Waals surface area contributed by atoms with Gasteiger partial charge in [0.25, 0.3) is 13.4 Å². The molecule has 5 aliphatic rings. The van der Waals surface area contributed by atoms with Gasteiger partial charge in [-0.3, -0.25) is 0 Å². The van der Waals surface area contributed by atoms with Crippen molar-refractivity contribution >= 4 is 119 Å². The highest BCUT2D eigenvalue weighted by atomic mass is 16.5. The number of fused-ring (bicyclic) bond motifs is 14. The molecule has 4 aliphatic heterocycles. The van der Waals surface area contributed by atoms with Crippen molar-refractivity contribution in [2.75, 3.05) is 14.7 Å². The van der Waals surface area contributed by atoms with Gasteiger partial charge in [-0.25, -0.2) is 0 Å². The Morgan fingerprint density at radius 3 is 1.33 bits per heavy atom. The van der Waals surface area contributed by atoms with Gasteiger partial charge in [0, 0.05) is 73.3 Å². The smallest absolute Gasteiger partial charge is 0.256 e. The van der Waals surface area contributed by atoms with Crippen LogP contribution in [0.4, 0.5) is 51.2 Å².